The minimum Gasteiger partial charge on any atom is -0.352 e. The van der Waals surface area contributed by atoms with Crippen molar-refractivity contribution in [1.29, 1.82) is 0 Å². The van der Waals surface area contributed by atoms with Gasteiger partial charge in [-0.05, 0) is 42.3 Å². The summed E-state index contributed by atoms with van der Waals surface area (Å²) in [5.74, 6) is 0.624. The second kappa shape index (κ2) is 4.21. The van der Waals surface area contributed by atoms with Gasteiger partial charge in [0.2, 0.25) is 0 Å². The van der Waals surface area contributed by atoms with Crippen LogP contribution in [0, 0.1) is 5.92 Å². The van der Waals surface area contributed by atoms with Crippen LogP contribution < -0.4 is 5.32 Å². The fraction of sp³-hybridized carbons (Fsp3) is 0.357. The SMILES string of the molecule is O=C1NC(OCC2CC2)c2cccn2-c2sccc21. The Hall–Kier alpha value is -1.59. The van der Waals surface area contributed by atoms with Gasteiger partial charge in [-0.2, -0.15) is 0 Å². The molecule has 1 aliphatic heterocycles. The Labute approximate surface area is 115 Å². The van der Waals surface area contributed by atoms with Crippen LogP contribution in [0.3, 0.4) is 0 Å². The number of rotatable bonds is 3. The summed E-state index contributed by atoms with van der Waals surface area (Å²) in [4.78, 5) is 12.2. The van der Waals surface area contributed by atoms with Crippen molar-refractivity contribution in [2.45, 2.75) is 19.1 Å². The van der Waals surface area contributed by atoms with Gasteiger partial charge >= 0.3 is 0 Å². The highest BCUT2D eigenvalue weighted by atomic mass is 32.1. The summed E-state index contributed by atoms with van der Waals surface area (Å²) in [5, 5.41) is 5.88. The van der Waals surface area contributed by atoms with Crippen LogP contribution in [-0.2, 0) is 4.74 Å². The Balaban J connectivity index is 1.71. The molecular formula is C14H14N2O2S. The summed E-state index contributed by atoms with van der Waals surface area (Å²) in [5.41, 5.74) is 1.72. The van der Waals surface area contributed by atoms with Crippen LogP contribution in [0.4, 0.5) is 0 Å². The highest BCUT2D eigenvalue weighted by molar-refractivity contribution is 7.13. The molecule has 2 aliphatic rings. The molecule has 4 rings (SSSR count). The lowest BCUT2D eigenvalue weighted by molar-refractivity contribution is 0.0190. The largest absolute Gasteiger partial charge is 0.352 e. The van der Waals surface area contributed by atoms with Crippen LogP contribution in [0.15, 0.2) is 29.8 Å². The van der Waals surface area contributed by atoms with E-state index in [9.17, 15) is 4.79 Å². The van der Waals surface area contributed by atoms with Gasteiger partial charge in [0, 0.05) is 6.20 Å². The summed E-state index contributed by atoms with van der Waals surface area (Å²) >= 11 is 1.58. The molecule has 1 atom stereocenters. The molecule has 3 heterocycles. The van der Waals surface area contributed by atoms with Crippen molar-refractivity contribution in [2.75, 3.05) is 6.61 Å². The molecule has 1 amide bonds. The summed E-state index contributed by atoms with van der Waals surface area (Å²) in [7, 11) is 0. The molecule has 4 nitrogen and oxygen atoms in total. The van der Waals surface area contributed by atoms with Gasteiger partial charge in [0.1, 0.15) is 5.00 Å². The van der Waals surface area contributed by atoms with E-state index in [0.717, 1.165) is 22.9 Å². The van der Waals surface area contributed by atoms with E-state index >= 15 is 0 Å². The number of hydrogen-bond acceptors (Lipinski definition) is 3. The van der Waals surface area contributed by atoms with E-state index in [-0.39, 0.29) is 12.1 Å². The average Bonchev–Trinajstić information content (AvgIpc) is 2.92. The lowest BCUT2D eigenvalue weighted by Gasteiger charge is -2.17. The molecule has 1 unspecified atom stereocenters. The van der Waals surface area contributed by atoms with Gasteiger partial charge in [0.05, 0.1) is 17.9 Å². The number of aromatic nitrogens is 1. The fourth-order valence-corrected chi connectivity index (χ4v) is 3.27. The summed E-state index contributed by atoms with van der Waals surface area (Å²) < 4.78 is 7.95. The van der Waals surface area contributed by atoms with E-state index in [4.69, 9.17) is 4.74 Å². The maximum Gasteiger partial charge on any atom is 0.256 e. The lowest BCUT2D eigenvalue weighted by Crippen LogP contribution is -2.29. The lowest BCUT2D eigenvalue weighted by atomic mass is 10.3. The van der Waals surface area contributed by atoms with Crippen molar-refractivity contribution < 1.29 is 9.53 Å². The van der Waals surface area contributed by atoms with Gasteiger partial charge in [-0.25, -0.2) is 0 Å². The zero-order valence-electron chi connectivity index (χ0n) is 10.3. The van der Waals surface area contributed by atoms with Gasteiger partial charge in [-0.3, -0.25) is 4.79 Å². The number of fused-ring (bicyclic) bond motifs is 3. The molecular weight excluding hydrogens is 260 g/mol. The van der Waals surface area contributed by atoms with Crippen molar-refractivity contribution in [1.82, 2.24) is 9.88 Å². The molecule has 1 fully saturated rings. The number of carbonyl (C=O) groups is 1. The van der Waals surface area contributed by atoms with Crippen LogP contribution in [-0.4, -0.2) is 17.1 Å². The summed E-state index contributed by atoms with van der Waals surface area (Å²) in [6.07, 6.45) is 4.13. The molecule has 0 aromatic carbocycles. The Morgan fingerprint density at radius 3 is 3.16 bits per heavy atom. The Kier molecular flexibility index (Phi) is 2.50. The number of thiophene rings is 1. The third-order valence-corrected chi connectivity index (χ3v) is 4.53. The molecule has 0 radical (unpaired) electrons. The predicted molar refractivity (Wildman–Crippen MR) is 72.5 cm³/mol. The first-order chi connectivity index (χ1) is 9.33. The number of amides is 1. The van der Waals surface area contributed by atoms with E-state index in [1.807, 2.05) is 29.8 Å². The number of nitrogens with zero attached hydrogens (tertiary/aromatic N) is 1. The van der Waals surface area contributed by atoms with Gasteiger partial charge in [-0.15, -0.1) is 11.3 Å². The molecule has 98 valence electrons. The third-order valence-electron chi connectivity index (χ3n) is 3.61. The first-order valence-corrected chi connectivity index (χ1v) is 7.38. The zero-order chi connectivity index (χ0) is 12.8. The Morgan fingerprint density at radius 1 is 1.42 bits per heavy atom. The minimum atomic E-state index is -0.345. The van der Waals surface area contributed by atoms with Crippen LogP contribution in [0.25, 0.3) is 5.00 Å². The maximum absolute atomic E-state index is 12.2. The fourth-order valence-electron chi connectivity index (χ4n) is 2.37. The standard InChI is InChI=1S/C14H14N2O2S/c17-12-10-5-7-19-14(10)16-6-1-2-11(16)13(15-12)18-8-9-3-4-9/h1-2,5-7,9,13H,3-4,8H2,(H,15,17). The van der Waals surface area contributed by atoms with Crippen molar-refractivity contribution in [2.24, 2.45) is 5.92 Å². The molecule has 1 aliphatic carbocycles. The molecule has 0 spiro atoms. The van der Waals surface area contributed by atoms with Crippen molar-refractivity contribution >= 4 is 17.2 Å². The quantitative estimate of drug-likeness (QED) is 0.935. The van der Waals surface area contributed by atoms with Crippen LogP contribution in [0.1, 0.15) is 35.1 Å². The predicted octanol–water partition coefficient (Wildman–Crippen LogP) is 2.71. The molecule has 2 aromatic heterocycles. The van der Waals surface area contributed by atoms with E-state index < -0.39 is 0 Å². The zero-order valence-corrected chi connectivity index (χ0v) is 11.2. The highest BCUT2D eigenvalue weighted by Crippen LogP contribution is 2.33. The molecule has 1 N–H and O–H groups in total. The Morgan fingerprint density at radius 2 is 2.32 bits per heavy atom. The highest BCUT2D eigenvalue weighted by Gasteiger charge is 2.29. The van der Waals surface area contributed by atoms with Crippen LogP contribution in [0.2, 0.25) is 0 Å². The second-order valence-electron chi connectivity index (χ2n) is 5.07. The molecule has 1 saturated carbocycles. The minimum absolute atomic E-state index is 0.0549. The third kappa shape index (κ3) is 1.89. The van der Waals surface area contributed by atoms with Gasteiger partial charge in [-0.1, -0.05) is 0 Å². The second-order valence-corrected chi connectivity index (χ2v) is 5.97. The van der Waals surface area contributed by atoms with E-state index in [0.29, 0.717) is 5.92 Å². The molecule has 19 heavy (non-hydrogen) atoms. The molecule has 0 saturated heterocycles. The topological polar surface area (TPSA) is 43.3 Å². The van der Waals surface area contributed by atoms with E-state index in [2.05, 4.69) is 9.88 Å². The summed E-state index contributed by atoms with van der Waals surface area (Å²) in [6.45, 7) is 0.726. The Bertz CT molecular complexity index is 627. The van der Waals surface area contributed by atoms with E-state index in [1.54, 1.807) is 11.3 Å². The monoisotopic (exact) mass is 274 g/mol. The maximum atomic E-state index is 12.2. The number of ether oxygens (including phenoxy) is 1. The smallest absolute Gasteiger partial charge is 0.256 e. The number of nitrogens with one attached hydrogen (secondary N) is 1. The number of carbonyl (C=O) groups excluding carboxylic acids is 1. The normalized spacial score (nSPS) is 21.5. The van der Waals surface area contributed by atoms with Gasteiger partial charge in [0.15, 0.2) is 6.23 Å². The van der Waals surface area contributed by atoms with Crippen molar-refractivity contribution in [3.05, 3.63) is 41.0 Å². The average molecular weight is 274 g/mol. The van der Waals surface area contributed by atoms with Crippen molar-refractivity contribution in [3.8, 4) is 5.00 Å². The molecule has 2 aromatic rings. The number of hydrogen-bond donors (Lipinski definition) is 1. The van der Waals surface area contributed by atoms with Crippen LogP contribution in [0.5, 0.6) is 0 Å². The first-order valence-electron chi connectivity index (χ1n) is 6.50. The van der Waals surface area contributed by atoms with Crippen LogP contribution >= 0.6 is 11.3 Å². The first kappa shape index (κ1) is 11.3. The van der Waals surface area contributed by atoms with E-state index in [1.165, 1.54) is 12.8 Å². The van der Waals surface area contributed by atoms with Gasteiger partial charge in [0.25, 0.3) is 5.91 Å². The molecule has 5 heteroatoms. The van der Waals surface area contributed by atoms with Gasteiger partial charge < -0.3 is 14.6 Å². The van der Waals surface area contributed by atoms with Crippen molar-refractivity contribution in [3.63, 3.8) is 0 Å². The summed E-state index contributed by atoms with van der Waals surface area (Å²) in [6, 6.07) is 5.86. The molecule has 0 bridgehead atoms.